The van der Waals surface area contributed by atoms with E-state index in [1.807, 2.05) is 0 Å². The van der Waals surface area contributed by atoms with Gasteiger partial charge in [-0.1, -0.05) is 65.1 Å². The van der Waals surface area contributed by atoms with Gasteiger partial charge >= 0.3 is 0 Å². The number of carbonyl (C=O) groups excluding carboxylic acids is 2. The molecule has 4 nitrogen and oxygen atoms in total. The minimum absolute atomic E-state index is 0.363. The number of hydrogen-bond donors (Lipinski definition) is 2. The van der Waals surface area contributed by atoms with Gasteiger partial charge in [-0.25, -0.2) is 0 Å². The number of nitrogens with one attached hydrogen (secondary N) is 2. The number of hydrogen-bond acceptors (Lipinski definition) is 2. The fraction of sp³-hybridized carbons (Fsp3) is 0.0476. The molecule has 0 fully saturated rings. The Balaban J connectivity index is 1.88. The molecule has 0 heterocycles. The first-order chi connectivity index (χ1) is 13.4. The van der Waals surface area contributed by atoms with Crippen LogP contribution in [0, 0.1) is 0 Å². The van der Waals surface area contributed by atoms with E-state index in [1.54, 1.807) is 72.8 Å². The second-order valence-electron chi connectivity index (χ2n) is 5.92. The normalized spacial score (nSPS) is 10.6. The third kappa shape index (κ3) is 5.04. The van der Waals surface area contributed by atoms with Crippen LogP contribution < -0.4 is 10.6 Å². The van der Waals surface area contributed by atoms with Crippen molar-refractivity contribution in [2.45, 2.75) is 6.17 Å². The van der Waals surface area contributed by atoms with Gasteiger partial charge in [-0.05, 0) is 42.5 Å². The monoisotopic (exact) mass is 432 g/mol. The molecule has 2 N–H and O–H groups in total. The summed E-state index contributed by atoms with van der Waals surface area (Å²) in [6.07, 6.45) is -0.855. The molecule has 3 rings (SSSR count). The van der Waals surface area contributed by atoms with Gasteiger partial charge in [0.15, 0.2) is 0 Å². The van der Waals surface area contributed by atoms with Crippen LogP contribution in [0.2, 0.25) is 15.1 Å². The van der Waals surface area contributed by atoms with Gasteiger partial charge in [0.1, 0.15) is 6.17 Å². The highest BCUT2D eigenvalue weighted by atomic mass is 35.5. The van der Waals surface area contributed by atoms with Gasteiger partial charge in [-0.3, -0.25) is 9.59 Å². The molecule has 0 unspecified atom stereocenters. The molecule has 0 aliphatic rings. The molecular formula is C21H15Cl3N2O2. The fourth-order valence-corrected chi connectivity index (χ4v) is 3.21. The molecule has 3 aromatic carbocycles. The van der Waals surface area contributed by atoms with E-state index < -0.39 is 18.0 Å². The molecule has 142 valence electrons. The van der Waals surface area contributed by atoms with E-state index >= 15 is 0 Å². The third-order valence-corrected chi connectivity index (χ3v) is 4.76. The predicted molar refractivity (Wildman–Crippen MR) is 112 cm³/mol. The van der Waals surface area contributed by atoms with E-state index in [4.69, 9.17) is 34.8 Å². The lowest BCUT2D eigenvalue weighted by Crippen LogP contribution is -2.41. The smallest absolute Gasteiger partial charge is 0.253 e. The molecule has 3 aromatic rings. The summed E-state index contributed by atoms with van der Waals surface area (Å²) in [5.74, 6) is -0.808. The van der Waals surface area contributed by atoms with E-state index in [9.17, 15) is 9.59 Å². The lowest BCUT2D eigenvalue weighted by Gasteiger charge is -2.22. The van der Waals surface area contributed by atoms with Crippen LogP contribution in [-0.4, -0.2) is 11.8 Å². The van der Waals surface area contributed by atoms with Crippen LogP contribution in [0.4, 0.5) is 0 Å². The number of amides is 2. The Morgan fingerprint density at radius 3 is 1.64 bits per heavy atom. The van der Waals surface area contributed by atoms with E-state index in [0.29, 0.717) is 31.8 Å². The number of benzene rings is 3. The Hall–Kier alpha value is -2.53. The molecule has 0 saturated carbocycles. The van der Waals surface area contributed by atoms with Gasteiger partial charge in [0, 0.05) is 31.8 Å². The van der Waals surface area contributed by atoms with Crippen molar-refractivity contribution >= 4 is 46.6 Å². The SMILES string of the molecule is O=C(NC(NC(=O)c1cccc(Cl)c1)c1ccccc1Cl)c1cccc(Cl)c1. The second-order valence-corrected chi connectivity index (χ2v) is 7.20. The highest BCUT2D eigenvalue weighted by molar-refractivity contribution is 6.32. The molecule has 0 aromatic heterocycles. The van der Waals surface area contributed by atoms with Crippen LogP contribution >= 0.6 is 34.8 Å². The maximum Gasteiger partial charge on any atom is 0.253 e. The molecule has 2 amide bonds. The quantitative estimate of drug-likeness (QED) is 0.522. The average molecular weight is 434 g/mol. The second kappa shape index (κ2) is 9.11. The van der Waals surface area contributed by atoms with Crippen molar-refractivity contribution in [3.8, 4) is 0 Å². The van der Waals surface area contributed by atoms with E-state index in [0.717, 1.165) is 0 Å². The van der Waals surface area contributed by atoms with Crippen LogP contribution in [0.5, 0.6) is 0 Å². The van der Waals surface area contributed by atoms with Gasteiger partial charge in [0.2, 0.25) is 0 Å². The minimum atomic E-state index is -0.855. The summed E-state index contributed by atoms with van der Waals surface area (Å²) < 4.78 is 0. The summed E-state index contributed by atoms with van der Waals surface area (Å²) >= 11 is 18.2. The summed E-state index contributed by atoms with van der Waals surface area (Å²) in [5, 5.41) is 6.85. The maximum absolute atomic E-state index is 12.7. The molecule has 0 radical (unpaired) electrons. The fourth-order valence-electron chi connectivity index (χ4n) is 2.59. The summed E-state index contributed by atoms with van der Waals surface area (Å²) in [6, 6.07) is 20.0. The van der Waals surface area contributed by atoms with E-state index in [2.05, 4.69) is 10.6 Å². The van der Waals surface area contributed by atoms with Crippen LogP contribution in [-0.2, 0) is 0 Å². The van der Waals surface area contributed by atoms with Crippen LogP contribution in [0.3, 0.4) is 0 Å². The Bertz CT molecular complexity index is 964. The lowest BCUT2D eigenvalue weighted by atomic mass is 10.1. The number of halogens is 3. The summed E-state index contributed by atoms with van der Waals surface area (Å²) in [4.78, 5) is 25.4. The van der Waals surface area contributed by atoms with E-state index in [-0.39, 0.29) is 0 Å². The molecule has 0 aliphatic carbocycles. The summed E-state index contributed by atoms with van der Waals surface area (Å²) in [5.41, 5.74) is 1.28. The molecule has 0 bridgehead atoms. The van der Waals surface area contributed by atoms with Crippen molar-refractivity contribution < 1.29 is 9.59 Å². The highest BCUT2D eigenvalue weighted by Crippen LogP contribution is 2.22. The number of rotatable bonds is 5. The minimum Gasteiger partial charge on any atom is -0.328 e. The first-order valence-electron chi connectivity index (χ1n) is 8.31. The first kappa shape index (κ1) is 20.2. The Morgan fingerprint density at radius 2 is 1.18 bits per heavy atom. The lowest BCUT2D eigenvalue weighted by molar-refractivity contribution is 0.0883. The van der Waals surface area contributed by atoms with Gasteiger partial charge < -0.3 is 10.6 Å². The van der Waals surface area contributed by atoms with Gasteiger partial charge in [0.25, 0.3) is 11.8 Å². The van der Waals surface area contributed by atoms with Crippen molar-refractivity contribution in [2.75, 3.05) is 0 Å². The van der Waals surface area contributed by atoms with Crippen LogP contribution in [0.25, 0.3) is 0 Å². The van der Waals surface area contributed by atoms with Crippen molar-refractivity contribution in [3.05, 3.63) is 105 Å². The molecule has 7 heteroatoms. The van der Waals surface area contributed by atoms with E-state index in [1.165, 1.54) is 0 Å². The molecular weight excluding hydrogens is 419 g/mol. The first-order valence-corrected chi connectivity index (χ1v) is 9.45. The third-order valence-electron chi connectivity index (χ3n) is 3.94. The molecule has 0 saturated heterocycles. The van der Waals surface area contributed by atoms with Gasteiger partial charge in [0.05, 0.1) is 0 Å². The zero-order valence-electron chi connectivity index (χ0n) is 14.5. The topological polar surface area (TPSA) is 58.2 Å². The predicted octanol–water partition coefficient (Wildman–Crippen LogP) is 5.51. The van der Waals surface area contributed by atoms with Crippen LogP contribution in [0.1, 0.15) is 32.4 Å². The molecule has 0 spiro atoms. The zero-order valence-corrected chi connectivity index (χ0v) is 16.7. The molecule has 0 aliphatic heterocycles. The summed E-state index contributed by atoms with van der Waals surface area (Å²) in [7, 11) is 0. The van der Waals surface area contributed by atoms with Crippen LogP contribution in [0.15, 0.2) is 72.8 Å². The van der Waals surface area contributed by atoms with Crippen molar-refractivity contribution in [1.29, 1.82) is 0 Å². The average Bonchev–Trinajstić information content (AvgIpc) is 2.68. The highest BCUT2D eigenvalue weighted by Gasteiger charge is 2.21. The van der Waals surface area contributed by atoms with Gasteiger partial charge in [-0.2, -0.15) is 0 Å². The summed E-state index contributed by atoms with van der Waals surface area (Å²) in [6.45, 7) is 0. The largest absolute Gasteiger partial charge is 0.328 e. The Labute approximate surface area is 177 Å². The Morgan fingerprint density at radius 1 is 0.679 bits per heavy atom. The Kier molecular flexibility index (Phi) is 6.57. The molecule has 0 atom stereocenters. The van der Waals surface area contributed by atoms with Crippen molar-refractivity contribution in [3.63, 3.8) is 0 Å². The maximum atomic E-state index is 12.7. The molecule has 28 heavy (non-hydrogen) atoms. The van der Waals surface area contributed by atoms with Gasteiger partial charge in [-0.15, -0.1) is 0 Å². The van der Waals surface area contributed by atoms with Crippen molar-refractivity contribution in [1.82, 2.24) is 10.6 Å². The number of carbonyl (C=O) groups is 2. The van der Waals surface area contributed by atoms with Crippen molar-refractivity contribution in [2.24, 2.45) is 0 Å². The standard InChI is InChI=1S/C21H15Cl3N2O2/c22-15-7-3-5-13(11-15)20(27)25-19(17-9-1-2-10-18(17)24)26-21(28)14-6-4-8-16(23)12-14/h1-12,19H,(H,25,27)(H,26,28). The zero-order chi connectivity index (χ0) is 20.1.